The Morgan fingerprint density at radius 2 is 1.80 bits per heavy atom. The number of fused-ring (bicyclic) bond motifs is 3. The van der Waals surface area contributed by atoms with Crippen LogP contribution in [0.1, 0.15) is 29.7 Å². The number of nitrogens with zero attached hydrogens (tertiary/aromatic N) is 4. The molecule has 0 spiro atoms. The van der Waals surface area contributed by atoms with Gasteiger partial charge in [0.25, 0.3) is 0 Å². The molecule has 0 amide bonds. The van der Waals surface area contributed by atoms with Gasteiger partial charge in [-0.25, -0.2) is 9.37 Å². The van der Waals surface area contributed by atoms with Gasteiger partial charge in [0.1, 0.15) is 22.7 Å². The highest BCUT2D eigenvalue weighted by atomic mass is 19.1. The highest BCUT2D eigenvalue weighted by molar-refractivity contribution is 6.03. The molecule has 0 saturated carbocycles. The van der Waals surface area contributed by atoms with E-state index in [1.807, 2.05) is 18.2 Å². The molecule has 2 atom stereocenters. The van der Waals surface area contributed by atoms with Gasteiger partial charge < -0.3 is 15.0 Å². The lowest BCUT2D eigenvalue weighted by Gasteiger charge is -2.34. The molecule has 4 aromatic rings. The number of anilines is 1. The molecule has 0 radical (unpaired) electrons. The molecule has 2 unspecified atom stereocenters. The third-order valence-electron chi connectivity index (χ3n) is 7.71. The van der Waals surface area contributed by atoms with Gasteiger partial charge >= 0.3 is 6.01 Å². The third kappa shape index (κ3) is 3.03. The van der Waals surface area contributed by atoms with Crippen LogP contribution in [0.5, 0.6) is 6.01 Å². The minimum Gasteiger partial charge on any atom is -0.467 e. The molecule has 7 rings (SSSR count). The van der Waals surface area contributed by atoms with Crippen LogP contribution in [-0.4, -0.2) is 47.2 Å². The van der Waals surface area contributed by atoms with E-state index in [9.17, 15) is 0 Å². The lowest BCUT2D eigenvalue weighted by Crippen LogP contribution is -2.51. The first-order valence-electron chi connectivity index (χ1n) is 12.1. The number of halogens is 1. The van der Waals surface area contributed by atoms with Crippen LogP contribution in [0.2, 0.25) is 0 Å². The zero-order valence-electron chi connectivity index (χ0n) is 19.4. The van der Waals surface area contributed by atoms with Crippen molar-refractivity contribution in [2.45, 2.75) is 37.8 Å². The van der Waals surface area contributed by atoms with E-state index in [2.05, 4.69) is 38.2 Å². The molecule has 174 valence electrons. The number of aromatic nitrogens is 3. The maximum absolute atomic E-state index is 16.3. The van der Waals surface area contributed by atoms with Gasteiger partial charge in [-0.3, -0.25) is 0 Å². The molecular formula is C28H24FN5O. The van der Waals surface area contributed by atoms with Crippen molar-refractivity contribution in [3.05, 3.63) is 53.0 Å². The molecule has 1 N–H and O–H groups in total. The van der Waals surface area contributed by atoms with Crippen LogP contribution in [-0.2, 0) is 12.8 Å². The minimum absolute atomic E-state index is 0.123. The maximum Gasteiger partial charge on any atom is 0.318 e. The van der Waals surface area contributed by atoms with E-state index in [-0.39, 0.29) is 17.2 Å². The lowest BCUT2D eigenvalue weighted by atomic mass is 9.97. The average molecular weight is 466 g/mol. The van der Waals surface area contributed by atoms with Crippen molar-refractivity contribution in [2.24, 2.45) is 0 Å². The largest absolute Gasteiger partial charge is 0.467 e. The molecule has 2 aromatic heterocycles. The van der Waals surface area contributed by atoms with Gasteiger partial charge in [0.2, 0.25) is 0 Å². The summed E-state index contributed by atoms with van der Waals surface area (Å²) in [6, 6.07) is 11.1. The summed E-state index contributed by atoms with van der Waals surface area (Å²) in [4.78, 5) is 16.0. The van der Waals surface area contributed by atoms with Gasteiger partial charge in [0.15, 0.2) is 5.82 Å². The highest BCUT2D eigenvalue weighted by Crippen LogP contribution is 2.40. The number of rotatable bonds is 3. The molecular weight excluding hydrogens is 441 g/mol. The van der Waals surface area contributed by atoms with Gasteiger partial charge in [-0.15, -0.1) is 6.42 Å². The fourth-order valence-corrected chi connectivity index (χ4v) is 6.16. The molecule has 3 aliphatic rings. The molecule has 7 heteroatoms. The molecule has 35 heavy (non-hydrogen) atoms. The van der Waals surface area contributed by atoms with Gasteiger partial charge in [-0.2, -0.15) is 9.97 Å². The van der Waals surface area contributed by atoms with E-state index in [0.29, 0.717) is 29.0 Å². The van der Waals surface area contributed by atoms with Crippen LogP contribution in [0, 0.1) is 18.2 Å². The van der Waals surface area contributed by atoms with Crippen molar-refractivity contribution < 1.29 is 9.13 Å². The normalized spacial score (nSPS) is 20.5. The average Bonchev–Trinajstić information content (AvgIpc) is 3.47. The molecule has 2 aromatic carbocycles. The second kappa shape index (κ2) is 7.62. The molecule has 2 aliphatic heterocycles. The fourth-order valence-electron chi connectivity index (χ4n) is 6.16. The first-order valence-corrected chi connectivity index (χ1v) is 12.1. The number of piperazine rings is 1. The summed E-state index contributed by atoms with van der Waals surface area (Å²) in [7, 11) is 1.50. The summed E-state index contributed by atoms with van der Waals surface area (Å²) in [6.07, 6.45) is 10.2. The summed E-state index contributed by atoms with van der Waals surface area (Å²) in [5.74, 6) is 2.80. The topological polar surface area (TPSA) is 63.2 Å². The van der Waals surface area contributed by atoms with Crippen LogP contribution in [0.4, 0.5) is 10.2 Å². The first kappa shape index (κ1) is 20.6. The summed E-state index contributed by atoms with van der Waals surface area (Å²) in [5, 5.41) is 6.29. The zero-order valence-corrected chi connectivity index (χ0v) is 19.4. The fraction of sp³-hybridized carbons (Fsp3) is 0.321. The van der Waals surface area contributed by atoms with E-state index in [1.54, 1.807) is 0 Å². The summed E-state index contributed by atoms with van der Waals surface area (Å²) < 4.78 is 21.7. The minimum atomic E-state index is -0.502. The Morgan fingerprint density at radius 3 is 2.54 bits per heavy atom. The predicted octanol–water partition coefficient (Wildman–Crippen LogP) is 4.01. The van der Waals surface area contributed by atoms with Gasteiger partial charge in [-0.1, -0.05) is 30.3 Å². The van der Waals surface area contributed by atoms with Gasteiger partial charge in [-0.05, 0) is 53.5 Å². The number of methoxy groups -OCH3 is 1. The highest BCUT2D eigenvalue weighted by Gasteiger charge is 2.35. The van der Waals surface area contributed by atoms with E-state index in [1.165, 1.54) is 23.6 Å². The van der Waals surface area contributed by atoms with Crippen LogP contribution >= 0.6 is 0 Å². The standard InChI is InChI=1S/C28H24FN5O/c1-3-21-23-26(32-28(35-2)33-27(23)34-13-17-10-11-18(14-34)30-17)24(29)25(31-21)20-12-9-16-8-7-15-5-4-6-19(20)22(15)16/h1,4-6,9,12,17-18,30H,7-8,10-11,13-14H2,2H3. The number of ether oxygens (including phenoxy) is 1. The molecule has 1 aliphatic carbocycles. The Balaban J connectivity index is 1.49. The van der Waals surface area contributed by atoms with E-state index >= 15 is 4.39 Å². The quantitative estimate of drug-likeness (QED) is 0.462. The number of hydrogen-bond acceptors (Lipinski definition) is 6. The number of terminal acetylenes is 1. The van der Waals surface area contributed by atoms with Gasteiger partial charge in [0, 0.05) is 30.7 Å². The molecule has 2 bridgehead atoms. The van der Waals surface area contributed by atoms with E-state index < -0.39 is 5.82 Å². The number of benzene rings is 2. The maximum atomic E-state index is 16.3. The molecule has 2 saturated heterocycles. The second-order valence-electron chi connectivity index (χ2n) is 9.68. The van der Waals surface area contributed by atoms with E-state index in [4.69, 9.17) is 16.1 Å². The van der Waals surface area contributed by atoms with Crippen molar-refractivity contribution in [1.82, 2.24) is 20.3 Å². The summed E-state index contributed by atoms with van der Waals surface area (Å²) >= 11 is 0. The van der Waals surface area contributed by atoms with Crippen LogP contribution < -0.4 is 15.0 Å². The Hall–Kier alpha value is -3.76. The van der Waals surface area contributed by atoms with Gasteiger partial charge in [0.05, 0.1) is 12.5 Å². The Labute approximate surface area is 202 Å². The monoisotopic (exact) mass is 465 g/mol. The lowest BCUT2D eigenvalue weighted by molar-refractivity contribution is 0.380. The van der Waals surface area contributed by atoms with Crippen LogP contribution in [0.3, 0.4) is 0 Å². The number of pyridine rings is 1. The molecule has 2 fully saturated rings. The first-order chi connectivity index (χ1) is 17.1. The number of nitrogens with one attached hydrogen (secondary N) is 1. The predicted molar refractivity (Wildman–Crippen MR) is 134 cm³/mol. The summed E-state index contributed by atoms with van der Waals surface area (Å²) in [5.41, 5.74) is 4.02. The van der Waals surface area contributed by atoms with E-state index in [0.717, 1.165) is 49.7 Å². The Morgan fingerprint density at radius 1 is 1.03 bits per heavy atom. The smallest absolute Gasteiger partial charge is 0.318 e. The van der Waals surface area contributed by atoms with Crippen LogP contribution in [0.25, 0.3) is 32.9 Å². The van der Waals surface area contributed by atoms with Crippen molar-refractivity contribution >= 4 is 27.5 Å². The van der Waals surface area contributed by atoms with Crippen molar-refractivity contribution in [2.75, 3.05) is 25.1 Å². The SMILES string of the molecule is C#Cc1nc(-c2ccc3c4c(cccc24)CC3)c(F)c2nc(OC)nc(N3CC4CCC(C3)N4)c12. The van der Waals surface area contributed by atoms with Crippen LogP contribution in [0.15, 0.2) is 30.3 Å². The zero-order chi connectivity index (χ0) is 23.7. The van der Waals surface area contributed by atoms with Crippen molar-refractivity contribution in [1.29, 1.82) is 0 Å². The van der Waals surface area contributed by atoms with Crippen molar-refractivity contribution in [3.8, 4) is 29.6 Å². The molecule has 6 nitrogen and oxygen atoms in total. The molecule has 4 heterocycles. The second-order valence-corrected chi connectivity index (χ2v) is 9.68. The Bertz CT molecular complexity index is 1550. The van der Waals surface area contributed by atoms with Crippen molar-refractivity contribution in [3.63, 3.8) is 0 Å². The number of aryl methyl sites for hydroxylation is 2. The Kier molecular flexibility index (Phi) is 4.49. The third-order valence-corrected chi connectivity index (χ3v) is 7.71. The summed E-state index contributed by atoms with van der Waals surface area (Å²) in [6.45, 7) is 1.54. The number of hydrogen-bond donors (Lipinski definition) is 1.